The van der Waals surface area contributed by atoms with Crippen molar-refractivity contribution < 1.29 is 4.74 Å². The minimum absolute atomic E-state index is 0.634. The maximum Gasteiger partial charge on any atom is 0.144 e. The van der Waals surface area contributed by atoms with E-state index < -0.39 is 0 Å². The summed E-state index contributed by atoms with van der Waals surface area (Å²) in [6.45, 7) is 4.53. The van der Waals surface area contributed by atoms with Crippen molar-refractivity contribution >= 4 is 11.4 Å². The molecule has 0 bridgehead atoms. The normalized spacial score (nSPS) is 10.6. The second-order valence-electron chi connectivity index (χ2n) is 4.35. The van der Waals surface area contributed by atoms with Gasteiger partial charge in [-0.15, -0.1) is 0 Å². The molecule has 0 saturated carbocycles. The quantitative estimate of drug-likeness (QED) is 0.764. The molecule has 1 rings (SSSR count). The second-order valence-corrected chi connectivity index (χ2v) is 4.35. The summed E-state index contributed by atoms with van der Waals surface area (Å²) in [5.41, 5.74) is 7.84. The van der Waals surface area contributed by atoms with Crippen molar-refractivity contribution in [2.24, 2.45) is 0 Å². The zero-order chi connectivity index (χ0) is 12.8. The summed E-state index contributed by atoms with van der Waals surface area (Å²) in [6.07, 6.45) is 0. The van der Waals surface area contributed by atoms with Crippen LogP contribution < -0.4 is 15.4 Å². The number of hydrogen-bond donors (Lipinski definition) is 1. The average molecular weight is 237 g/mol. The topological polar surface area (TPSA) is 41.7 Å². The van der Waals surface area contributed by atoms with Crippen LogP contribution >= 0.6 is 0 Å². The van der Waals surface area contributed by atoms with Crippen LogP contribution in [0.5, 0.6) is 5.75 Å². The van der Waals surface area contributed by atoms with E-state index in [1.165, 1.54) is 0 Å². The van der Waals surface area contributed by atoms with Gasteiger partial charge in [-0.1, -0.05) is 6.07 Å². The van der Waals surface area contributed by atoms with Crippen LogP contribution in [0.4, 0.5) is 11.4 Å². The molecule has 0 aliphatic carbocycles. The molecule has 0 aliphatic rings. The molecule has 1 aromatic rings. The molecular formula is C13H23N3O. The number of nitrogens with zero attached hydrogens (tertiary/aromatic N) is 2. The molecule has 1 aromatic carbocycles. The maximum absolute atomic E-state index is 6.10. The molecule has 0 unspecified atom stereocenters. The zero-order valence-corrected chi connectivity index (χ0v) is 11.2. The number of nitrogen functional groups attached to an aromatic ring is 1. The van der Waals surface area contributed by atoms with Gasteiger partial charge in [-0.25, -0.2) is 0 Å². The molecule has 0 atom stereocenters. The van der Waals surface area contributed by atoms with Crippen molar-refractivity contribution in [2.75, 3.05) is 51.5 Å². The summed E-state index contributed by atoms with van der Waals surface area (Å²) >= 11 is 0. The van der Waals surface area contributed by atoms with Gasteiger partial charge < -0.3 is 20.3 Å². The van der Waals surface area contributed by atoms with Gasteiger partial charge in [-0.2, -0.15) is 0 Å². The Balaban J connectivity index is 2.78. The van der Waals surface area contributed by atoms with Crippen molar-refractivity contribution in [2.45, 2.75) is 6.92 Å². The molecule has 0 amide bonds. The van der Waals surface area contributed by atoms with Crippen LogP contribution in [0.25, 0.3) is 0 Å². The Morgan fingerprint density at radius 2 is 1.88 bits per heavy atom. The van der Waals surface area contributed by atoms with Gasteiger partial charge in [0.1, 0.15) is 5.75 Å². The molecule has 0 aromatic heterocycles. The summed E-state index contributed by atoms with van der Waals surface area (Å²) in [5.74, 6) is 0.765. The molecule has 4 heteroatoms. The van der Waals surface area contributed by atoms with E-state index in [4.69, 9.17) is 10.5 Å². The lowest BCUT2D eigenvalue weighted by Gasteiger charge is -2.23. The highest BCUT2D eigenvalue weighted by atomic mass is 16.5. The van der Waals surface area contributed by atoms with Gasteiger partial charge in [-0.3, -0.25) is 0 Å². The fraction of sp³-hybridized carbons (Fsp3) is 0.538. The van der Waals surface area contributed by atoms with Crippen LogP contribution in [0.15, 0.2) is 18.2 Å². The third-order valence-corrected chi connectivity index (χ3v) is 2.64. The first kappa shape index (κ1) is 13.6. The summed E-state index contributed by atoms with van der Waals surface area (Å²) in [7, 11) is 6.17. The fourth-order valence-corrected chi connectivity index (χ4v) is 1.62. The Labute approximate surface area is 104 Å². The SMILES string of the molecule is CCOc1cccc(N(C)CCN(C)C)c1N. The van der Waals surface area contributed by atoms with E-state index in [-0.39, 0.29) is 0 Å². The van der Waals surface area contributed by atoms with Crippen molar-refractivity contribution in [3.63, 3.8) is 0 Å². The Kier molecular flexibility index (Phi) is 5.10. The highest BCUT2D eigenvalue weighted by molar-refractivity contribution is 5.73. The van der Waals surface area contributed by atoms with Gasteiger partial charge in [0.2, 0.25) is 0 Å². The molecule has 2 N–H and O–H groups in total. The Bertz CT molecular complexity index is 353. The molecule has 0 radical (unpaired) electrons. The first-order valence-electron chi connectivity index (χ1n) is 5.93. The van der Waals surface area contributed by atoms with Crippen molar-refractivity contribution in [3.05, 3.63) is 18.2 Å². The smallest absolute Gasteiger partial charge is 0.144 e. The molecule has 17 heavy (non-hydrogen) atoms. The molecule has 0 aliphatic heterocycles. The van der Waals surface area contributed by atoms with Gasteiger partial charge >= 0.3 is 0 Å². The lowest BCUT2D eigenvalue weighted by atomic mass is 10.2. The maximum atomic E-state index is 6.10. The summed E-state index contributed by atoms with van der Waals surface area (Å²) in [5, 5.41) is 0. The largest absolute Gasteiger partial charge is 0.492 e. The molecule has 0 heterocycles. The van der Waals surface area contributed by atoms with Crippen molar-refractivity contribution in [3.8, 4) is 5.75 Å². The third-order valence-electron chi connectivity index (χ3n) is 2.64. The van der Waals surface area contributed by atoms with Crippen molar-refractivity contribution in [1.82, 2.24) is 4.90 Å². The number of para-hydroxylation sites is 1. The predicted molar refractivity (Wildman–Crippen MR) is 73.8 cm³/mol. The lowest BCUT2D eigenvalue weighted by molar-refractivity contribution is 0.342. The predicted octanol–water partition coefficient (Wildman–Crippen LogP) is 1.67. The van der Waals surface area contributed by atoms with E-state index in [0.717, 1.165) is 30.2 Å². The molecule has 0 fully saturated rings. The average Bonchev–Trinajstić information content (AvgIpc) is 2.29. The minimum atomic E-state index is 0.634. The van der Waals surface area contributed by atoms with Crippen LogP contribution in [0.2, 0.25) is 0 Å². The van der Waals surface area contributed by atoms with Crippen LogP contribution in [-0.2, 0) is 0 Å². The van der Waals surface area contributed by atoms with E-state index in [2.05, 4.69) is 23.9 Å². The highest BCUT2D eigenvalue weighted by Gasteiger charge is 2.09. The molecule has 4 nitrogen and oxygen atoms in total. The minimum Gasteiger partial charge on any atom is -0.492 e. The molecule has 0 spiro atoms. The van der Waals surface area contributed by atoms with E-state index >= 15 is 0 Å². The first-order chi connectivity index (χ1) is 8.06. The first-order valence-corrected chi connectivity index (χ1v) is 5.93. The fourth-order valence-electron chi connectivity index (χ4n) is 1.62. The lowest BCUT2D eigenvalue weighted by Crippen LogP contribution is -2.29. The Morgan fingerprint density at radius 3 is 2.47 bits per heavy atom. The monoisotopic (exact) mass is 237 g/mol. The van der Waals surface area contributed by atoms with Gasteiger partial charge in [0.05, 0.1) is 18.0 Å². The van der Waals surface area contributed by atoms with Gasteiger partial charge in [-0.05, 0) is 33.2 Å². The van der Waals surface area contributed by atoms with E-state index in [1.54, 1.807) is 0 Å². The molecular weight excluding hydrogens is 214 g/mol. The van der Waals surface area contributed by atoms with Gasteiger partial charge in [0.25, 0.3) is 0 Å². The Hall–Kier alpha value is -1.42. The summed E-state index contributed by atoms with van der Waals surface area (Å²) < 4.78 is 5.49. The van der Waals surface area contributed by atoms with E-state index in [0.29, 0.717) is 6.61 Å². The number of likely N-dealkylation sites (N-methyl/N-ethyl adjacent to an activating group) is 2. The standard InChI is InChI=1S/C13H23N3O/c1-5-17-12-8-6-7-11(13(12)14)16(4)10-9-15(2)3/h6-8H,5,9-10,14H2,1-4H3. The van der Waals surface area contributed by atoms with Crippen LogP contribution in [0.3, 0.4) is 0 Å². The molecule has 96 valence electrons. The number of benzene rings is 1. The van der Waals surface area contributed by atoms with E-state index in [1.807, 2.05) is 32.2 Å². The Morgan fingerprint density at radius 1 is 1.18 bits per heavy atom. The summed E-state index contributed by atoms with van der Waals surface area (Å²) in [6, 6.07) is 5.90. The number of anilines is 2. The van der Waals surface area contributed by atoms with E-state index in [9.17, 15) is 0 Å². The number of rotatable bonds is 6. The van der Waals surface area contributed by atoms with Crippen LogP contribution in [-0.4, -0.2) is 45.7 Å². The van der Waals surface area contributed by atoms with Crippen molar-refractivity contribution in [1.29, 1.82) is 0 Å². The second kappa shape index (κ2) is 6.35. The number of nitrogens with two attached hydrogens (primary N) is 1. The van der Waals surface area contributed by atoms with Crippen LogP contribution in [0, 0.1) is 0 Å². The highest BCUT2D eigenvalue weighted by Crippen LogP contribution is 2.31. The summed E-state index contributed by atoms with van der Waals surface area (Å²) in [4.78, 5) is 4.30. The third kappa shape index (κ3) is 3.82. The molecule has 0 saturated heterocycles. The number of ether oxygens (including phenoxy) is 1. The number of hydrogen-bond acceptors (Lipinski definition) is 4. The zero-order valence-electron chi connectivity index (χ0n) is 11.2. The van der Waals surface area contributed by atoms with Crippen LogP contribution in [0.1, 0.15) is 6.92 Å². The van der Waals surface area contributed by atoms with Gasteiger partial charge in [0, 0.05) is 20.1 Å². The van der Waals surface area contributed by atoms with Gasteiger partial charge in [0.15, 0.2) is 0 Å².